The highest BCUT2D eigenvalue weighted by Crippen LogP contribution is 2.24. The van der Waals surface area contributed by atoms with Crippen LogP contribution in [0.2, 0.25) is 0 Å². The Kier molecular flexibility index (Phi) is 5.78. The van der Waals surface area contributed by atoms with Crippen LogP contribution >= 0.6 is 23.1 Å². The third-order valence-corrected chi connectivity index (χ3v) is 5.89. The molecule has 3 rings (SSSR count). The Morgan fingerprint density at radius 2 is 2.19 bits per heavy atom. The van der Waals surface area contributed by atoms with Gasteiger partial charge in [0.2, 0.25) is 5.91 Å². The van der Waals surface area contributed by atoms with E-state index in [0.717, 1.165) is 17.7 Å². The van der Waals surface area contributed by atoms with Crippen LogP contribution in [0.3, 0.4) is 0 Å². The van der Waals surface area contributed by atoms with Gasteiger partial charge in [-0.1, -0.05) is 30.8 Å². The lowest BCUT2D eigenvalue weighted by Crippen LogP contribution is -2.33. The molecule has 0 saturated heterocycles. The van der Waals surface area contributed by atoms with Gasteiger partial charge in [-0.15, -0.1) is 11.3 Å². The number of benzene rings is 1. The van der Waals surface area contributed by atoms with Crippen LogP contribution in [-0.2, 0) is 4.79 Å². The fourth-order valence-corrected chi connectivity index (χ4v) is 4.12. The number of aryl methyl sites for hydroxylation is 1. The van der Waals surface area contributed by atoms with Crippen LogP contribution < -0.4 is 10.9 Å². The summed E-state index contributed by atoms with van der Waals surface area (Å²) in [4.78, 5) is 29.8. The maximum absolute atomic E-state index is 13.0. The average molecular weight is 388 g/mol. The Morgan fingerprint density at radius 3 is 2.92 bits per heavy atom. The summed E-state index contributed by atoms with van der Waals surface area (Å²) in [5.74, 6) is 0.165. The molecule has 136 valence electrons. The molecule has 0 bridgehead atoms. The molecule has 1 aromatic carbocycles. The lowest BCUT2D eigenvalue weighted by atomic mass is 10.2. The molecule has 2 aromatic heterocycles. The summed E-state index contributed by atoms with van der Waals surface area (Å²) in [5.41, 5.74) is 2.41. The highest BCUT2D eigenvalue weighted by atomic mass is 32.2. The second-order valence-corrected chi connectivity index (χ2v) is 8.03. The van der Waals surface area contributed by atoms with E-state index >= 15 is 0 Å². The molecule has 1 amide bonds. The summed E-state index contributed by atoms with van der Waals surface area (Å²) < 4.78 is 2.23. The van der Waals surface area contributed by atoms with Crippen LogP contribution in [0.5, 0.6) is 0 Å². The van der Waals surface area contributed by atoms with Gasteiger partial charge >= 0.3 is 0 Å². The van der Waals surface area contributed by atoms with Gasteiger partial charge in [0.1, 0.15) is 4.70 Å². The largest absolute Gasteiger partial charge is 0.353 e. The predicted octanol–water partition coefficient (Wildman–Crippen LogP) is 3.76. The zero-order chi connectivity index (χ0) is 18.7. The Labute approximate surface area is 160 Å². The molecule has 0 radical (unpaired) electrons. The van der Waals surface area contributed by atoms with Gasteiger partial charge in [-0.2, -0.15) is 0 Å². The predicted molar refractivity (Wildman–Crippen MR) is 109 cm³/mol. The van der Waals surface area contributed by atoms with E-state index < -0.39 is 0 Å². The van der Waals surface area contributed by atoms with E-state index in [9.17, 15) is 9.59 Å². The number of aromatic nitrogens is 2. The van der Waals surface area contributed by atoms with E-state index in [1.54, 1.807) is 4.57 Å². The van der Waals surface area contributed by atoms with E-state index in [1.807, 2.05) is 56.5 Å². The number of carbonyl (C=O) groups excluding carboxylic acids is 1. The number of hydrogen-bond acceptors (Lipinski definition) is 5. The highest BCUT2D eigenvalue weighted by Gasteiger charge is 2.16. The highest BCUT2D eigenvalue weighted by molar-refractivity contribution is 7.99. The minimum absolute atomic E-state index is 0.0557. The van der Waals surface area contributed by atoms with E-state index in [4.69, 9.17) is 0 Å². The van der Waals surface area contributed by atoms with Crippen molar-refractivity contribution < 1.29 is 4.79 Å². The lowest BCUT2D eigenvalue weighted by molar-refractivity contribution is -0.119. The molecular weight excluding hydrogens is 366 g/mol. The standard InChI is InChI=1S/C19H21N3O2S2/c1-4-13(3)20-16(23)11-26-19-21-15-8-9-25-17(15)18(24)22(19)14-7-5-6-12(2)10-14/h5-10,13H,4,11H2,1-3H3,(H,20,23)/t13-/m1/s1. The van der Waals surface area contributed by atoms with Crippen LogP contribution in [0.1, 0.15) is 25.8 Å². The SMILES string of the molecule is CC[C@@H](C)NC(=O)CSc1nc2ccsc2c(=O)n1-c1cccc(C)c1. The summed E-state index contributed by atoms with van der Waals surface area (Å²) in [6.07, 6.45) is 0.878. The van der Waals surface area contributed by atoms with Crippen molar-refractivity contribution >= 4 is 39.2 Å². The maximum atomic E-state index is 13.0. The second kappa shape index (κ2) is 8.05. The quantitative estimate of drug-likeness (QED) is 0.517. The van der Waals surface area contributed by atoms with Gasteiger partial charge in [0.05, 0.1) is 17.0 Å². The molecule has 0 saturated carbocycles. The third-order valence-electron chi connectivity index (χ3n) is 4.06. The van der Waals surface area contributed by atoms with Gasteiger partial charge in [0.15, 0.2) is 5.16 Å². The monoisotopic (exact) mass is 387 g/mol. The molecule has 0 aliphatic carbocycles. The van der Waals surface area contributed by atoms with E-state index in [0.29, 0.717) is 15.4 Å². The maximum Gasteiger partial charge on any atom is 0.276 e. The van der Waals surface area contributed by atoms with Crippen LogP contribution in [0.4, 0.5) is 0 Å². The molecule has 2 heterocycles. The van der Waals surface area contributed by atoms with E-state index in [-0.39, 0.29) is 23.3 Å². The van der Waals surface area contributed by atoms with Crippen molar-refractivity contribution in [1.82, 2.24) is 14.9 Å². The van der Waals surface area contributed by atoms with E-state index in [1.165, 1.54) is 23.1 Å². The van der Waals surface area contributed by atoms with Crippen LogP contribution in [0.15, 0.2) is 45.7 Å². The number of hydrogen-bond donors (Lipinski definition) is 1. The number of nitrogens with one attached hydrogen (secondary N) is 1. The first-order valence-corrected chi connectivity index (χ1v) is 10.4. The number of amides is 1. The molecule has 0 fully saturated rings. The van der Waals surface area contributed by atoms with Gasteiger partial charge < -0.3 is 5.32 Å². The number of rotatable bonds is 6. The van der Waals surface area contributed by atoms with Crippen molar-refractivity contribution in [3.63, 3.8) is 0 Å². The Balaban J connectivity index is 1.99. The molecule has 7 heteroatoms. The molecule has 3 aromatic rings. The molecule has 0 aliphatic heterocycles. The molecule has 1 N–H and O–H groups in total. The number of thiophene rings is 1. The molecule has 0 aliphatic rings. The van der Waals surface area contributed by atoms with Crippen molar-refractivity contribution in [3.05, 3.63) is 51.6 Å². The lowest BCUT2D eigenvalue weighted by Gasteiger charge is -2.14. The average Bonchev–Trinajstić information content (AvgIpc) is 3.08. The smallest absolute Gasteiger partial charge is 0.276 e. The van der Waals surface area contributed by atoms with Crippen molar-refractivity contribution in [2.24, 2.45) is 0 Å². The molecule has 1 atom stereocenters. The summed E-state index contributed by atoms with van der Waals surface area (Å²) >= 11 is 2.67. The van der Waals surface area contributed by atoms with Gasteiger partial charge in [0, 0.05) is 6.04 Å². The first-order chi connectivity index (χ1) is 12.5. The van der Waals surface area contributed by atoms with E-state index in [2.05, 4.69) is 10.3 Å². The van der Waals surface area contributed by atoms with Gasteiger partial charge in [-0.3, -0.25) is 14.2 Å². The Morgan fingerprint density at radius 1 is 1.38 bits per heavy atom. The number of nitrogens with zero attached hydrogens (tertiary/aromatic N) is 2. The molecule has 26 heavy (non-hydrogen) atoms. The van der Waals surface area contributed by atoms with Crippen molar-refractivity contribution in [3.8, 4) is 5.69 Å². The minimum atomic E-state index is -0.0968. The Hall–Kier alpha value is -2.12. The summed E-state index contributed by atoms with van der Waals surface area (Å²) in [6.45, 7) is 5.98. The first-order valence-electron chi connectivity index (χ1n) is 8.49. The van der Waals surface area contributed by atoms with Crippen molar-refractivity contribution in [2.45, 2.75) is 38.4 Å². The van der Waals surface area contributed by atoms with Gasteiger partial charge in [0.25, 0.3) is 5.56 Å². The summed E-state index contributed by atoms with van der Waals surface area (Å²) in [5, 5.41) is 5.34. The fraction of sp³-hybridized carbons (Fsp3) is 0.316. The number of carbonyl (C=O) groups is 1. The fourth-order valence-electron chi connectivity index (χ4n) is 2.53. The topological polar surface area (TPSA) is 64.0 Å². The van der Waals surface area contributed by atoms with Crippen LogP contribution in [-0.4, -0.2) is 27.3 Å². The Bertz CT molecular complexity index is 994. The van der Waals surface area contributed by atoms with Crippen molar-refractivity contribution in [2.75, 3.05) is 5.75 Å². The molecule has 5 nitrogen and oxygen atoms in total. The normalized spacial score (nSPS) is 12.3. The van der Waals surface area contributed by atoms with Crippen LogP contribution in [0.25, 0.3) is 15.9 Å². The summed E-state index contributed by atoms with van der Waals surface area (Å²) in [6, 6.07) is 9.71. The summed E-state index contributed by atoms with van der Waals surface area (Å²) in [7, 11) is 0. The molecular formula is C19H21N3O2S2. The zero-order valence-corrected chi connectivity index (χ0v) is 16.6. The van der Waals surface area contributed by atoms with Crippen molar-refractivity contribution in [1.29, 1.82) is 0 Å². The second-order valence-electron chi connectivity index (χ2n) is 6.17. The van der Waals surface area contributed by atoms with Gasteiger partial charge in [-0.25, -0.2) is 4.98 Å². The molecule has 0 spiro atoms. The zero-order valence-electron chi connectivity index (χ0n) is 15.0. The van der Waals surface area contributed by atoms with Gasteiger partial charge in [-0.05, 0) is 49.4 Å². The number of fused-ring (bicyclic) bond motifs is 1. The minimum Gasteiger partial charge on any atom is -0.353 e. The number of thioether (sulfide) groups is 1. The molecule has 0 unspecified atom stereocenters. The first kappa shape index (κ1) is 18.7. The van der Waals surface area contributed by atoms with Crippen LogP contribution in [0, 0.1) is 6.92 Å². The third kappa shape index (κ3) is 3.99.